The molecule has 0 saturated heterocycles. The van der Waals surface area contributed by atoms with Gasteiger partial charge >= 0.3 is 0 Å². The van der Waals surface area contributed by atoms with Gasteiger partial charge in [0.05, 0.1) is 38.5 Å². The quantitative estimate of drug-likeness (QED) is 0.253. The van der Waals surface area contributed by atoms with Crippen molar-refractivity contribution >= 4 is 34.8 Å². The highest BCUT2D eigenvalue weighted by molar-refractivity contribution is 6.31. The second kappa shape index (κ2) is 11.5. The standard InChI is InChI=1S/C30H27Cl2N7O3/c1-3-38-29-18-9-10-33-23(11-18)20(6-4-5-17(2)30(41)35-24(29)14-34-38)22-16-42-27(13-26(22)40)21-12-19(31)7-8-25(21)39-15-28(32)36-37-39/h7-17,20H,3-6H2,1-2H3,(H,35,41)/i3D2. The van der Waals surface area contributed by atoms with Gasteiger partial charge in [0.1, 0.15) is 5.76 Å². The lowest BCUT2D eigenvalue weighted by molar-refractivity contribution is -0.119. The Morgan fingerprint density at radius 3 is 2.79 bits per heavy atom. The number of carbonyl (C=O) groups excluding carboxylic acids is 1. The maximum Gasteiger partial charge on any atom is 0.227 e. The number of halogens is 2. The number of hydrogen-bond acceptors (Lipinski definition) is 7. The Balaban J connectivity index is 1.46. The highest BCUT2D eigenvalue weighted by atomic mass is 35.5. The molecular formula is C30H27Cl2N7O3. The smallest absolute Gasteiger partial charge is 0.227 e. The lowest BCUT2D eigenvalue weighted by Crippen LogP contribution is -2.22. The monoisotopic (exact) mass is 605 g/mol. The van der Waals surface area contributed by atoms with Crippen LogP contribution < -0.4 is 10.7 Å². The lowest BCUT2D eigenvalue weighted by Gasteiger charge is -2.20. The van der Waals surface area contributed by atoms with Gasteiger partial charge in [0.2, 0.25) is 5.91 Å². The van der Waals surface area contributed by atoms with Crippen molar-refractivity contribution in [2.75, 3.05) is 5.32 Å². The Bertz CT molecular complexity index is 1930. The number of fused-ring (bicyclic) bond motifs is 4. The number of benzene rings is 1. The molecule has 0 radical (unpaired) electrons. The fraction of sp³-hybridized carbons (Fsp3) is 0.267. The molecule has 42 heavy (non-hydrogen) atoms. The van der Waals surface area contributed by atoms with Crippen LogP contribution in [-0.4, -0.2) is 35.7 Å². The van der Waals surface area contributed by atoms with E-state index in [2.05, 4.69) is 25.7 Å². The van der Waals surface area contributed by atoms with Crippen molar-refractivity contribution in [3.8, 4) is 28.3 Å². The Labute approximate surface area is 254 Å². The van der Waals surface area contributed by atoms with E-state index >= 15 is 0 Å². The van der Waals surface area contributed by atoms with Crippen LogP contribution in [0, 0.1) is 5.92 Å². The van der Waals surface area contributed by atoms with Crippen molar-refractivity contribution in [1.29, 1.82) is 0 Å². The number of anilines is 1. The number of aryl methyl sites for hydroxylation is 1. The van der Waals surface area contributed by atoms with E-state index in [0.29, 0.717) is 63.7 Å². The maximum atomic E-state index is 13.8. The van der Waals surface area contributed by atoms with Crippen LogP contribution in [-0.2, 0) is 11.3 Å². The first-order chi connectivity index (χ1) is 21.0. The van der Waals surface area contributed by atoms with Crippen LogP contribution in [0.25, 0.3) is 28.3 Å². The van der Waals surface area contributed by atoms with Crippen LogP contribution in [0.3, 0.4) is 0 Å². The summed E-state index contributed by atoms with van der Waals surface area (Å²) in [5, 5.41) is 15.7. The van der Waals surface area contributed by atoms with Crippen molar-refractivity contribution in [2.45, 2.75) is 45.5 Å². The highest BCUT2D eigenvalue weighted by Gasteiger charge is 2.25. The van der Waals surface area contributed by atoms with E-state index in [9.17, 15) is 9.59 Å². The molecule has 0 spiro atoms. The molecule has 6 rings (SSSR count). The number of aromatic nitrogens is 6. The minimum absolute atomic E-state index is 0.191. The van der Waals surface area contributed by atoms with E-state index in [1.54, 1.807) is 30.5 Å². The van der Waals surface area contributed by atoms with E-state index < -0.39 is 12.4 Å². The third kappa shape index (κ3) is 5.35. The van der Waals surface area contributed by atoms with E-state index in [4.69, 9.17) is 30.4 Å². The molecule has 1 amide bonds. The van der Waals surface area contributed by atoms with Gasteiger partial charge in [-0.1, -0.05) is 41.8 Å². The fourth-order valence-electron chi connectivity index (χ4n) is 5.23. The zero-order chi connectivity index (χ0) is 31.2. The summed E-state index contributed by atoms with van der Waals surface area (Å²) < 4.78 is 25.4. The predicted molar refractivity (Wildman–Crippen MR) is 160 cm³/mol. The molecule has 0 saturated carbocycles. The zero-order valence-electron chi connectivity index (χ0n) is 24.7. The molecule has 1 aliphatic rings. The van der Waals surface area contributed by atoms with E-state index in [0.717, 1.165) is 0 Å². The molecule has 2 unspecified atom stereocenters. The van der Waals surface area contributed by atoms with Crippen LogP contribution >= 0.6 is 23.2 Å². The molecule has 5 aromatic rings. The van der Waals surface area contributed by atoms with E-state index in [1.165, 1.54) is 41.0 Å². The van der Waals surface area contributed by atoms with Crippen molar-refractivity contribution in [3.05, 3.63) is 92.9 Å². The molecule has 1 aromatic carbocycles. The molecule has 2 bridgehead atoms. The van der Waals surface area contributed by atoms with Gasteiger partial charge in [0.25, 0.3) is 0 Å². The first-order valence-electron chi connectivity index (χ1n) is 14.4. The number of nitrogens with one attached hydrogen (secondary N) is 1. The predicted octanol–water partition coefficient (Wildman–Crippen LogP) is 6.36. The van der Waals surface area contributed by atoms with Gasteiger partial charge in [-0.2, -0.15) is 5.10 Å². The van der Waals surface area contributed by atoms with Gasteiger partial charge in [0.15, 0.2) is 10.6 Å². The van der Waals surface area contributed by atoms with Gasteiger partial charge < -0.3 is 9.73 Å². The minimum Gasteiger partial charge on any atom is -0.464 e. The third-order valence-electron chi connectivity index (χ3n) is 7.40. The number of carbonyl (C=O) groups is 1. The molecule has 1 N–H and O–H groups in total. The number of hydrogen-bond donors (Lipinski definition) is 1. The summed E-state index contributed by atoms with van der Waals surface area (Å²) in [6, 6.07) is 10.0. The summed E-state index contributed by atoms with van der Waals surface area (Å²) in [7, 11) is 0. The number of nitrogens with zero attached hydrogens (tertiary/aromatic N) is 6. The average Bonchev–Trinajstić information content (AvgIpc) is 3.61. The average molecular weight is 607 g/mol. The number of pyridine rings is 1. The molecule has 2 atom stereocenters. The zero-order valence-corrected chi connectivity index (χ0v) is 24.2. The Morgan fingerprint density at radius 1 is 1.17 bits per heavy atom. The van der Waals surface area contributed by atoms with Crippen molar-refractivity contribution in [1.82, 2.24) is 29.8 Å². The maximum absolute atomic E-state index is 13.8. The lowest BCUT2D eigenvalue weighted by atomic mass is 9.88. The molecule has 0 fully saturated rings. The summed E-state index contributed by atoms with van der Waals surface area (Å²) >= 11 is 12.3. The van der Waals surface area contributed by atoms with Gasteiger partial charge in [0, 0.05) is 58.0 Å². The first-order valence-corrected chi connectivity index (χ1v) is 14.1. The molecule has 214 valence electrons. The molecule has 5 heterocycles. The second-order valence-electron chi connectivity index (χ2n) is 10.1. The molecule has 0 aliphatic carbocycles. The molecule has 10 nitrogen and oxygen atoms in total. The van der Waals surface area contributed by atoms with Crippen LogP contribution in [0.2, 0.25) is 10.2 Å². The van der Waals surface area contributed by atoms with Crippen molar-refractivity contribution in [3.63, 3.8) is 0 Å². The Kier molecular flexibility index (Phi) is 6.99. The molecule has 12 heteroatoms. The summed E-state index contributed by atoms with van der Waals surface area (Å²) in [4.78, 5) is 31.5. The SMILES string of the molecule is [2H]C([2H])(C)n1ncc2c1-c1ccnc(c1)C(c1coc(-c3cc(Cl)ccc3-n3cc(Cl)nn3)cc1=O)CCCC(C)C(=O)N2. The number of amides is 1. The summed E-state index contributed by atoms with van der Waals surface area (Å²) in [5.41, 5.74) is 3.25. The van der Waals surface area contributed by atoms with Gasteiger partial charge in [-0.25, -0.2) is 4.68 Å². The molecule has 1 aliphatic heterocycles. The largest absolute Gasteiger partial charge is 0.464 e. The second-order valence-corrected chi connectivity index (χ2v) is 10.9. The Hall–Kier alpha value is -4.28. The van der Waals surface area contributed by atoms with Crippen molar-refractivity contribution < 1.29 is 12.0 Å². The fourth-order valence-corrected chi connectivity index (χ4v) is 5.53. The first kappa shape index (κ1) is 25.4. The highest BCUT2D eigenvalue weighted by Crippen LogP contribution is 2.36. The van der Waals surface area contributed by atoms with Crippen LogP contribution in [0.15, 0.2) is 70.5 Å². The molecular weight excluding hydrogens is 577 g/mol. The summed E-state index contributed by atoms with van der Waals surface area (Å²) in [6.07, 6.45) is 7.77. The van der Waals surface area contributed by atoms with Crippen LogP contribution in [0.4, 0.5) is 5.69 Å². The van der Waals surface area contributed by atoms with Gasteiger partial charge in [-0.15, -0.1) is 5.10 Å². The van der Waals surface area contributed by atoms with Crippen LogP contribution in [0.1, 0.15) is 53.0 Å². The minimum atomic E-state index is -1.85. The van der Waals surface area contributed by atoms with Crippen LogP contribution in [0.5, 0.6) is 0 Å². The van der Waals surface area contributed by atoms with Gasteiger partial charge in [-0.3, -0.25) is 19.3 Å². The van der Waals surface area contributed by atoms with E-state index in [-0.39, 0.29) is 28.2 Å². The topological polar surface area (TPSA) is 121 Å². The third-order valence-corrected chi connectivity index (χ3v) is 7.81. The van der Waals surface area contributed by atoms with E-state index in [1.807, 2.05) is 13.0 Å². The Morgan fingerprint density at radius 2 is 2.02 bits per heavy atom. The molecule has 4 aromatic heterocycles. The normalized spacial score (nSPS) is 18.2. The summed E-state index contributed by atoms with van der Waals surface area (Å²) in [6.45, 7) is 1.38. The van der Waals surface area contributed by atoms with Gasteiger partial charge in [-0.05, 0) is 50.1 Å². The summed E-state index contributed by atoms with van der Waals surface area (Å²) in [5.74, 6) is -0.701. The van der Waals surface area contributed by atoms with Crippen molar-refractivity contribution in [2.24, 2.45) is 5.92 Å². The number of rotatable bonds is 4.